The fourth-order valence-electron chi connectivity index (χ4n) is 3.47. The van der Waals surface area contributed by atoms with Gasteiger partial charge in [0.25, 0.3) is 0 Å². The van der Waals surface area contributed by atoms with Gasteiger partial charge in [0.05, 0.1) is 6.54 Å². The van der Waals surface area contributed by atoms with E-state index in [4.69, 9.17) is 0 Å². The van der Waals surface area contributed by atoms with Crippen molar-refractivity contribution in [3.63, 3.8) is 0 Å². The number of thioether (sulfide) groups is 1. The predicted octanol–water partition coefficient (Wildman–Crippen LogP) is 5.72. The van der Waals surface area contributed by atoms with Gasteiger partial charge in [0, 0.05) is 5.69 Å². The zero-order valence-corrected chi connectivity index (χ0v) is 19.3. The van der Waals surface area contributed by atoms with Gasteiger partial charge in [-0.25, -0.2) is 0 Å². The number of anilines is 1. The van der Waals surface area contributed by atoms with Crippen LogP contribution in [0.1, 0.15) is 33.3 Å². The van der Waals surface area contributed by atoms with E-state index < -0.39 is 5.25 Å². The van der Waals surface area contributed by atoms with Crippen molar-refractivity contribution < 1.29 is 4.79 Å². The van der Waals surface area contributed by atoms with Crippen molar-refractivity contribution in [2.45, 2.75) is 37.7 Å². The molecule has 0 saturated heterocycles. The first kappa shape index (κ1) is 21.8. The summed E-state index contributed by atoms with van der Waals surface area (Å²) in [6.07, 6.45) is 0. The molecule has 1 N–H and O–H groups in total. The smallest absolute Gasteiger partial charge is 0.242 e. The van der Waals surface area contributed by atoms with Crippen molar-refractivity contribution in [2.24, 2.45) is 0 Å². The van der Waals surface area contributed by atoms with Crippen molar-refractivity contribution in [3.05, 3.63) is 107 Å². The van der Waals surface area contributed by atoms with E-state index in [1.807, 2.05) is 87.5 Å². The highest BCUT2D eigenvalue weighted by Gasteiger charge is 2.26. The van der Waals surface area contributed by atoms with Crippen molar-refractivity contribution in [3.8, 4) is 0 Å². The molecule has 0 unspecified atom stereocenters. The van der Waals surface area contributed by atoms with Gasteiger partial charge >= 0.3 is 0 Å². The third kappa shape index (κ3) is 5.08. The van der Waals surface area contributed by atoms with Gasteiger partial charge in [-0.1, -0.05) is 84.6 Å². The van der Waals surface area contributed by atoms with Crippen LogP contribution in [0.25, 0.3) is 0 Å². The molecule has 1 amide bonds. The van der Waals surface area contributed by atoms with Crippen molar-refractivity contribution in [1.29, 1.82) is 0 Å². The number of hydrogen-bond donors (Lipinski definition) is 1. The molecular formula is C26H26N4OS. The Morgan fingerprint density at radius 1 is 0.938 bits per heavy atom. The van der Waals surface area contributed by atoms with E-state index in [9.17, 15) is 4.79 Å². The van der Waals surface area contributed by atoms with E-state index >= 15 is 0 Å². The lowest BCUT2D eigenvalue weighted by atomic mass is 10.1. The van der Waals surface area contributed by atoms with Crippen LogP contribution in [0.3, 0.4) is 0 Å². The SMILES string of the molecule is Cc1ccc(C)c(NC(=O)[C@H](Sc2nnc(C)n2Cc2ccccc2)c2ccccc2)c1. The average Bonchev–Trinajstić information content (AvgIpc) is 3.14. The molecule has 4 aromatic rings. The maximum atomic E-state index is 13.5. The van der Waals surface area contributed by atoms with Gasteiger partial charge in [0.1, 0.15) is 11.1 Å². The summed E-state index contributed by atoms with van der Waals surface area (Å²) in [5.74, 6) is 0.736. The molecular weight excluding hydrogens is 416 g/mol. The Labute approximate surface area is 192 Å². The first-order valence-electron chi connectivity index (χ1n) is 10.5. The number of benzene rings is 3. The van der Waals surface area contributed by atoms with Crippen LogP contribution in [0.4, 0.5) is 5.69 Å². The van der Waals surface area contributed by atoms with E-state index in [-0.39, 0.29) is 5.91 Å². The summed E-state index contributed by atoms with van der Waals surface area (Å²) in [4.78, 5) is 13.5. The van der Waals surface area contributed by atoms with Gasteiger partial charge in [0.15, 0.2) is 5.16 Å². The molecule has 0 fully saturated rings. The average molecular weight is 443 g/mol. The topological polar surface area (TPSA) is 59.8 Å². The Bertz CT molecular complexity index is 1210. The number of nitrogens with zero attached hydrogens (tertiary/aromatic N) is 3. The minimum atomic E-state index is -0.464. The molecule has 6 heteroatoms. The highest BCUT2D eigenvalue weighted by atomic mass is 32.2. The Morgan fingerprint density at radius 3 is 2.34 bits per heavy atom. The highest BCUT2D eigenvalue weighted by molar-refractivity contribution is 8.00. The van der Waals surface area contributed by atoms with Gasteiger partial charge in [0.2, 0.25) is 5.91 Å². The Balaban J connectivity index is 1.64. The monoisotopic (exact) mass is 442 g/mol. The lowest BCUT2D eigenvalue weighted by molar-refractivity contribution is -0.115. The summed E-state index contributed by atoms with van der Waals surface area (Å²) in [6, 6.07) is 26.1. The second-order valence-corrected chi connectivity index (χ2v) is 8.89. The Morgan fingerprint density at radius 2 is 1.62 bits per heavy atom. The van der Waals surface area contributed by atoms with Gasteiger partial charge in [-0.2, -0.15) is 0 Å². The summed E-state index contributed by atoms with van der Waals surface area (Å²) in [5, 5.41) is 12.1. The highest BCUT2D eigenvalue weighted by Crippen LogP contribution is 2.36. The molecule has 3 aromatic carbocycles. The summed E-state index contributed by atoms with van der Waals surface area (Å²) in [7, 11) is 0. The maximum Gasteiger partial charge on any atom is 0.242 e. The van der Waals surface area contributed by atoms with Crippen molar-refractivity contribution in [1.82, 2.24) is 14.8 Å². The number of rotatable bonds is 7. The van der Waals surface area contributed by atoms with Crippen LogP contribution in [0, 0.1) is 20.8 Å². The molecule has 1 heterocycles. The molecule has 0 spiro atoms. The third-order valence-electron chi connectivity index (χ3n) is 5.30. The molecule has 0 saturated carbocycles. The zero-order valence-electron chi connectivity index (χ0n) is 18.4. The molecule has 32 heavy (non-hydrogen) atoms. The van der Waals surface area contributed by atoms with Crippen LogP contribution in [0.5, 0.6) is 0 Å². The van der Waals surface area contributed by atoms with Gasteiger partial charge in [-0.3, -0.25) is 4.79 Å². The van der Waals surface area contributed by atoms with Crippen LogP contribution in [0.15, 0.2) is 84.0 Å². The largest absolute Gasteiger partial charge is 0.325 e. The molecule has 0 bridgehead atoms. The Kier molecular flexibility index (Phi) is 6.71. The second-order valence-electron chi connectivity index (χ2n) is 7.82. The number of amides is 1. The summed E-state index contributed by atoms with van der Waals surface area (Å²) in [5.41, 5.74) is 5.05. The number of aryl methyl sites for hydroxylation is 3. The number of nitrogens with one attached hydrogen (secondary N) is 1. The zero-order chi connectivity index (χ0) is 22.5. The fourth-order valence-corrected chi connectivity index (χ4v) is 4.55. The van der Waals surface area contributed by atoms with Gasteiger partial charge in [-0.05, 0) is 49.1 Å². The molecule has 0 aliphatic heterocycles. The lowest BCUT2D eigenvalue weighted by Crippen LogP contribution is -2.20. The second kappa shape index (κ2) is 9.83. The van der Waals surface area contributed by atoms with Crippen LogP contribution in [-0.2, 0) is 11.3 Å². The maximum absolute atomic E-state index is 13.5. The standard InChI is InChI=1S/C26H26N4OS/c1-18-14-15-19(2)23(16-18)27-25(31)24(22-12-8-5-9-13-22)32-26-29-28-20(3)30(26)17-21-10-6-4-7-11-21/h4-16,24H,17H2,1-3H3,(H,27,31)/t24-/m1/s1. The fraction of sp³-hybridized carbons (Fsp3) is 0.192. The van der Waals surface area contributed by atoms with E-state index in [0.717, 1.165) is 38.9 Å². The minimum absolute atomic E-state index is 0.0817. The van der Waals surface area contributed by atoms with Crippen molar-refractivity contribution in [2.75, 3.05) is 5.32 Å². The lowest BCUT2D eigenvalue weighted by Gasteiger charge is -2.18. The molecule has 0 aliphatic carbocycles. The predicted molar refractivity (Wildman–Crippen MR) is 130 cm³/mol. The van der Waals surface area contributed by atoms with Gasteiger partial charge < -0.3 is 9.88 Å². The van der Waals surface area contributed by atoms with E-state index in [0.29, 0.717) is 6.54 Å². The summed E-state index contributed by atoms with van der Waals surface area (Å²) < 4.78 is 2.06. The third-order valence-corrected chi connectivity index (χ3v) is 6.53. The minimum Gasteiger partial charge on any atom is -0.325 e. The molecule has 4 rings (SSSR count). The van der Waals surface area contributed by atoms with E-state index in [2.05, 4.69) is 32.2 Å². The normalized spacial score (nSPS) is 11.8. The first-order chi connectivity index (χ1) is 15.5. The first-order valence-corrected chi connectivity index (χ1v) is 11.4. The van der Waals surface area contributed by atoms with Crippen molar-refractivity contribution >= 4 is 23.4 Å². The van der Waals surface area contributed by atoms with Crippen LogP contribution < -0.4 is 5.32 Å². The number of carbonyl (C=O) groups is 1. The number of hydrogen-bond acceptors (Lipinski definition) is 4. The van der Waals surface area contributed by atoms with Gasteiger partial charge in [-0.15, -0.1) is 10.2 Å². The molecule has 1 atom stereocenters. The number of carbonyl (C=O) groups excluding carboxylic acids is 1. The van der Waals surface area contributed by atoms with E-state index in [1.54, 1.807) is 0 Å². The van der Waals surface area contributed by atoms with Crippen LogP contribution in [-0.4, -0.2) is 20.7 Å². The molecule has 5 nitrogen and oxygen atoms in total. The van der Waals surface area contributed by atoms with Crippen LogP contribution >= 0.6 is 11.8 Å². The molecule has 162 valence electrons. The summed E-state index contributed by atoms with van der Waals surface area (Å²) in [6.45, 7) is 6.61. The summed E-state index contributed by atoms with van der Waals surface area (Å²) >= 11 is 1.42. The number of aromatic nitrogens is 3. The Hall–Kier alpha value is -3.38. The molecule has 1 aromatic heterocycles. The molecule has 0 aliphatic rings. The van der Waals surface area contributed by atoms with E-state index in [1.165, 1.54) is 11.8 Å². The van der Waals surface area contributed by atoms with Crippen LogP contribution in [0.2, 0.25) is 0 Å². The quantitative estimate of drug-likeness (QED) is 0.372. The molecule has 0 radical (unpaired) electrons.